The number of hydrogen-bond donors (Lipinski definition) is 1. The van der Waals surface area contributed by atoms with Gasteiger partial charge in [-0.1, -0.05) is 12.1 Å². The Balaban J connectivity index is 2.41. The van der Waals surface area contributed by atoms with Gasteiger partial charge in [0.2, 0.25) is 0 Å². The maximum atomic E-state index is 13.2. The molecule has 0 amide bonds. The standard InChI is InChI=1S/C11H10BrFO2/c12-10-7(2-1-3-8(10)13)9(11(14)15)6-4-5-6/h1-3,6,9H,4-5H2,(H,14,15). The predicted octanol–water partition coefficient (Wildman–Crippen LogP) is 3.17. The molecule has 2 rings (SSSR count). The van der Waals surface area contributed by atoms with E-state index in [-0.39, 0.29) is 10.4 Å². The molecule has 2 nitrogen and oxygen atoms in total. The Hall–Kier alpha value is -0.900. The van der Waals surface area contributed by atoms with E-state index in [9.17, 15) is 9.18 Å². The minimum atomic E-state index is -0.871. The van der Waals surface area contributed by atoms with Gasteiger partial charge in [0.15, 0.2) is 0 Å². The number of carbonyl (C=O) groups is 1. The van der Waals surface area contributed by atoms with E-state index in [2.05, 4.69) is 15.9 Å². The summed E-state index contributed by atoms with van der Waals surface area (Å²) in [7, 11) is 0. The molecule has 0 bridgehead atoms. The number of rotatable bonds is 3. The quantitative estimate of drug-likeness (QED) is 0.918. The zero-order valence-corrected chi connectivity index (χ0v) is 9.50. The molecule has 1 atom stereocenters. The third-order valence-corrected chi connectivity index (χ3v) is 3.51. The minimum Gasteiger partial charge on any atom is -0.481 e. The first-order valence-corrected chi connectivity index (χ1v) is 5.57. The SMILES string of the molecule is O=C(O)C(c1cccc(F)c1Br)C1CC1. The zero-order chi connectivity index (χ0) is 11.0. The van der Waals surface area contributed by atoms with Gasteiger partial charge in [0.05, 0.1) is 10.4 Å². The van der Waals surface area contributed by atoms with Crippen LogP contribution in [-0.4, -0.2) is 11.1 Å². The monoisotopic (exact) mass is 272 g/mol. The van der Waals surface area contributed by atoms with Crippen molar-refractivity contribution in [3.63, 3.8) is 0 Å². The molecule has 1 aromatic rings. The number of benzene rings is 1. The predicted molar refractivity (Wildman–Crippen MR) is 57.2 cm³/mol. The molecule has 1 aliphatic rings. The van der Waals surface area contributed by atoms with Gasteiger partial charge in [0, 0.05) is 0 Å². The van der Waals surface area contributed by atoms with E-state index in [0.29, 0.717) is 5.56 Å². The lowest BCUT2D eigenvalue weighted by molar-refractivity contribution is -0.139. The van der Waals surface area contributed by atoms with Gasteiger partial charge in [-0.2, -0.15) is 0 Å². The second kappa shape index (κ2) is 3.93. The zero-order valence-electron chi connectivity index (χ0n) is 7.91. The van der Waals surface area contributed by atoms with Crippen molar-refractivity contribution < 1.29 is 14.3 Å². The van der Waals surface area contributed by atoms with Crippen LogP contribution in [0, 0.1) is 11.7 Å². The average Bonchev–Trinajstić information content (AvgIpc) is 2.96. The van der Waals surface area contributed by atoms with Gasteiger partial charge in [-0.25, -0.2) is 4.39 Å². The number of carboxylic acid groups (broad SMARTS) is 1. The summed E-state index contributed by atoms with van der Waals surface area (Å²) < 4.78 is 13.5. The van der Waals surface area contributed by atoms with Crippen LogP contribution in [0.25, 0.3) is 0 Å². The lowest BCUT2D eigenvalue weighted by Gasteiger charge is -2.13. The Labute approximate surface area is 95.2 Å². The summed E-state index contributed by atoms with van der Waals surface area (Å²) in [5.41, 5.74) is 0.546. The molecule has 1 fully saturated rings. The first-order valence-electron chi connectivity index (χ1n) is 4.78. The molecule has 4 heteroatoms. The molecule has 1 saturated carbocycles. The van der Waals surface area contributed by atoms with Crippen LogP contribution in [-0.2, 0) is 4.79 Å². The average molecular weight is 273 g/mol. The normalized spacial score (nSPS) is 17.5. The Morgan fingerprint density at radius 1 is 1.53 bits per heavy atom. The Kier molecular flexibility index (Phi) is 2.78. The fourth-order valence-electron chi connectivity index (χ4n) is 1.78. The van der Waals surface area contributed by atoms with E-state index < -0.39 is 17.7 Å². The smallest absolute Gasteiger partial charge is 0.311 e. The molecule has 0 saturated heterocycles. The van der Waals surface area contributed by atoms with Crippen LogP contribution in [0.3, 0.4) is 0 Å². The maximum Gasteiger partial charge on any atom is 0.311 e. The molecule has 0 spiro atoms. The first kappa shape index (κ1) is 10.6. The molecule has 0 heterocycles. The summed E-state index contributed by atoms with van der Waals surface area (Å²) in [6, 6.07) is 4.54. The second-order valence-corrected chi connectivity index (χ2v) is 4.59. The van der Waals surface area contributed by atoms with E-state index in [4.69, 9.17) is 5.11 Å². The molecule has 15 heavy (non-hydrogen) atoms. The van der Waals surface area contributed by atoms with Crippen LogP contribution >= 0.6 is 15.9 Å². The van der Waals surface area contributed by atoms with Gasteiger partial charge in [-0.15, -0.1) is 0 Å². The highest BCUT2D eigenvalue weighted by atomic mass is 79.9. The number of hydrogen-bond acceptors (Lipinski definition) is 1. The number of halogens is 2. The van der Waals surface area contributed by atoms with Crippen molar-refractivity contribution in [3.8, 4) is 0 Å². The molecule has 1 aliphatic carbocycles. The van der Waals surface area contributed by atoms with E-state index in [1.54, 1.807) is 12.1 Å². The summed E-state index contributed by atoms with van der Waals surface area (Å²) in [4.78, 5) is 11.1. The summed E-state index contributed by atoms with van der Waals surface area (Å²) in [6.07, 6.45) is 1.83. The van der Waals surface area contributed by atoms with E-state index in [1.807, 2.05) is 0 Å². The Bertz CT molecular complexity index is 402. The van der Waals surface area contributed by atoms with Gasteiger partial charge in [-0.05, 0) is 46.3 Å². The molecule has 80 valence electrons. The summed E-state index contributed by atoms with van der Waals surface area (Å²) in [6.45, 7) is 0. The first-order chi connectivity index (χ1) is 7.11. The molecule has 0 radical (unpaired) electrons. The van der Waals surface area contributed by atoms with Gasteiger partial charge < -0.3 is 5.11 Å². The van der Waals surface area contributed by atoms with Gasteiger partial charge in [0.25, 0.3) is 0 Å². The topological polar surface area (TPSA) is 37.3 Å². The van der Waals surface area contributed by atoms with Gasteiger partial charge in [0.1, 0.15) is 5.82 Å². The number of aliphatic carboxylic acids is 1. The molecule has 0 aromatic heterocycles. The molecule has 1 aromatic carbocycles. The van der Waals surface area contributed by atoms with Gasteiger partial charge in [-0.3, -0.25) is 4.79 Å². The largest absolute Gasteiger partial charge is 0.481 e. The maximum absolute atomic E-state index is 13.2. The van der Waals surface area contributed by atoms with Crippen LogP contribution in [0.4, 0.5) is 4.39 Å². The van der Waals surface area contributed by atoms with Crippen LogP contribution < -0.4 is 0 Å². The Morgan fingerprint density at radius 3 is 2.73 bits per heavy atom. The molecule has 1 N–H and O–H groups in total. The van der Waals surface area contributed by atoms with Crippen LogP contribution in [0.1, 0.15) is 24.3 Å². The fourth-order valence-corrected chi connectivity index (χ4v) is 2.29. The molecular formula is C11H10BrFO2. The fraction of sp³-hybridized carbons (Fsp3) is 0.364. The van der Waals surface area contributed by atoms with Crippen LogP contribution in [0.15, 0.2) is 22.7 Å². The van der Waals surface area contributed by atoms with Crippen molar-refractivity contribution >= 4 is 21.9 Å². The van der Waals surface area contributed by atoms with Crippen LogP contribution in [0.2, 0.25) is 0 Å². The highest BCUT2D eigenvalue weighted by molar-refractivity contribution is 9.10. The third kappa shape index (κ3) is 2.04. The third-order valence-electron chi connectivity index (χ3n) is 2.68. The second-order valence-electron chi connectivity index (χ2n) is 3.80. The number of carboxylic acids is 1. The van der Waals surface area contributed by atoms with E-state index >= 15 is 0 Å². The highest BCUT2D eigenvalue weighted by Crippen LogP contribution is 2.44. The summed E-state index contributed by atoms with van der Waals surface area (Å²) in [5.74, 6) is -1.68. The lowest BCUT2D eigenvalue weighted by atomic mass is 9.94. The minimum absolute atomic E-state index is 0.167. The summed E-state index contributed by atoms with van der Waals surface area (Å²) >= 11 is 3.11. The summed E-state index contributed by atoms with van der Waals surface area (Å²) in [5, 5.41) is 9.11. The van der Waals surface area contributed by atoms with Crippen molar-refractivity contribution in [1.29, 1.82) is 0 Å². The van der Waals surface area contributed by atoms with Crippen molar-refractivity contribution in [3.05, 3.63) is 34.1 Å². The molecular weight excluding hydrogens is 263 g/mol. The van der Waals surface area contributed by atoms with E-state index in [0.717, 1.165) is 12.8 Å². The van der Waals surface area contributed by atoms with Gasteiger partial charge >= 0.3 is 5.97 Å². The van der Waals surface area contributed by atoms with Crippen LogP contribution in [0.5, 0.6) is 0 Å². The highest BCUT2D eigenvalue weighted by Gasteiger charge is 2.38. The van der Waals surface area contributed by atoms with Crippen molar-refractivity contribution in [2.45, 2.75) is 18.8 Å². The van der Waals surface area contributed by atoms with E-state index in [1.165, 1.54) is 6.07 Å². The molecule has 0 aliphatic heterocycles. The van der Waals surface area contributed by atoms with Crippen molar-refractivity contribution in [1.82, 2.24) is 0 Å². The molecule has 1 unspecified atom stereocenters. The Morgan fingerprint density at radius 2 is 2.20 bits per heavy atom. The van der Waals surface area contributed by atoms with Crippen molar-refractivity contribution in [2.24, 2.45) is 5.92 Å². The lowest BCUT2D eigenvalue weighted by Crippen LogP contribution is -2.14. The van der Waals surface area contributed by atoms with Crippen molar-refractivity contribution in [2.75, 3.05) is 0 Å².